The second-order valence-electron chi connectivity index (χ2n) is 4.20. The van der Waals surface area contributed by atoms with Gasteiger partial charge in [-0.05, 0) is 37.1 Å². The Morgan fingerprint density at radius 2 is 2.05 bits per heavy atom. The third-order valence-corrected chi connectivity index (χ3v) is 4.22. The molecule has 0 N–H and O–H groups in total. The number of aryl methyl sites for hydroxylation is 2. The number of nitrogens with zero attached hydrogens (tertiary/aromatic N) is 2. The molecule has 5 heteroatoms. The summed E-state index contributed by atoms with van der Waals surface area (Å²) in [5, 5.41) is 10.4. The zero-order valence-electron chi connectivity index (χ0n) is 10.7. The molecule has 0 atom stereocenters. The van der Waals surface area contributed by atoms with Gasteiger partial charge in [-0.15, -0.1) is 11.3 Å². The van der Waals surface area contributed by atoms with E-state index in [0.29, 0.717) is 17.9 Å². The highest BCUT2D eigenvalue weighted by Crippen LogP contribution is 2.26. The van der Waals surface area contributed by atoms with Crippen LogP contribution in [0.1, 0.15) is 21.0 Å². The fraction of sp³-hybridized carbons (Fsp3) is 0.286. The molecule has 0 aliphatic carbocycles. The van der Waals surface area contributed by atoms with E-state index in [4.69, 9.17) is 21.6 Å². The standard InChI is InChI=1S/C14H13ClN2OS/c1-9-5-11(6-10(2)14(9)15)18-4-3-13-17-8-12(7-16)19-13/h5-6,8H,3-4H2,1-2H3. The van der Waals surface area contributed by atoms with Crippen LogP contribution in [-0.2, 0) is 6.42 Å². The summed E-state index contributed by atoms with van der Waals surface area (Å²) >= 11 is 7.51. The van der Waals surface area contributed by atoms with Crippen LogP contribution in [0.5, 0.6) is 5.75 Å². The van der Waals surface area contributed by atoms with Crippen molar-refractivity contribution in [2.24, 2.45) is 0 Å². The van der Waals surface area contributed by atoms with Crippen LogP contribution in [0.4, 0.5) is 0 Å². The van der Waals surface area contributed by atoms with Gasteiger partial charge in [-0.2, -0.15) is 5.26 Å². The number of halogens is 1. The summed E-state index contributed by atoms with van der Waals surface area (Å²) in [5.74, 6) is 0.816. The fourth-order valence-corrected chi connectivity index (χ4v) is 2.53. The molecule has 1 aromatic carbocycles. The highest BCUT2D eigenvalue weighted by Gasteiger charge is 2.05. The number of hydrogen-bond donors (Lipinski definition) is 0. The third-order valence-electron chi connectivity index (χ3n) is 2.66. The Labute approximate surface area is 121 Å². The molecule has 0 aliphatic heterocycles. The van der Waals surface area contributed by atoms with Gasteiger partial charge in [0, 0.05) is 11.4 Å². The highest BCUT2D eigenvalue weighted by atomic mass is 35.5. The molecular weight excluding hydrogens is 280 g/mol. The molecule has 1 aromatic heterocycles. The number of aromatic nitrogens is 1. The quantitative estimate of drug-likeness (QED) is 0.858. The van der Waals surface area contributed by atoms with Gasteiger partial charge < -0.3 is 4.74 Å². The number of nitriles is 1. The molecule has 1 heterocycles. The molecule has 2 aromatic rings. The van der Waals surface area contributed by atoms with Gasteiger partial charge in [0.2, 0.25) is 0 Å². The molecule has 0 bridgehead atoms. The molecule has 19 heavy (non-hydrogen) atoms. The predicted molar refractivity (Wildman–Crippen MR) is 77.0 cm³/mol. The van der Waals surface area contributed by atoms with Crippen LogP contribution in [0.3, 0.4) is 0 Å². The molecule has 0 fully saturated rings. The monoisotopic (exact) mass is 292 g/mol. The van der Waals surface area contributed by atoms with E-state index in [9.17, 15) is 0 Å². The molecule has 0 amide bonds. The minimum Gasteiger partial charge on any atom is -0.493 e. The van der Waals surface area contributed by atoms with Crippen molar-refractivity contribution in [1.82, 2.24) is 4.98 Å². The van der Waals surface area contributed by atoms with E-state index in [1.54, 1.807) is 6.20 Å². The van der Waals surface area contributed by atoms with Gasteiger partial charge in [0.15, 0.2) is 0 Å². The first-order chi connectivity index (χ1) is 9.10. The topological polar surface area (TPSA) is 45.9 Å². The number of hydrogen-bond acceptors (Lipinski definition) is 4. The minimum atomic E-state index is 0.541. The lowest BCUT2D eigenvalue weighted by atomic mass is 10.1. The first kappa shape index (κ1) is 13.9. The first-order valence-corrected chi connectivity index (χ1v) is 7.04. The van der Waals surface area contributed by atoms with Crippen molar-refractivity contribution in [2.45, 2.75) is 20.3 Å². The van der Waals surface area contributed by atoms with E-state index in [1.807, 2.05) is 26.0 Å². The van der Waals surface area contributed by atoms with Crippen molar-refractivity contribution in [1.29, 1.82) is 5.26 Å². The summed E-state index contributed by atoms with van der Waals surface area (Å²) in [7, 11) is 0. The highest BCUT2D eigenvalue weighted by molar-refractivity contribution is 7.12. The Bertz CT molecular complexity index is 608. The van der Waals surface area contributed by atoms with Gasteiger partial charge in [-0.1, -0.05) is 11.6 Å². The Morgan fingerprint density at radius 1 is 1.37 bits per heavy atom. The maximum Gasteiger partial charge on any atom is 0.124 e. The van der Waals surface area contributed by atoms with Crippen LogP contribution < -0.4 is 4.74 Å². The molecule has 0 aliphatic rings. The average Bonchev–Trinajstić information content (AvgIpc) is 2.84. The Kier molecular flexibility index (Phi) is 4.41. The normalized spacial score (nSPS) is 10.2. The molecule has 0 saturated carbocycles. The van der Waals surface area contributed by atoms with Crippen molar-refractivity contribution >= 4 is 22.9 Å². The average molecular weight is 293 g/mol. The zero-order chi connectivity index (χ0) is 13.8. The van der Waals surface area contributed by atoms with Crippen LogP contribution in [0.25, 0.3) is 0 Å². The lowest BCUT2D eigenvalue weighted by molar-refractivity contribution is 0.321. The molecule has 98 valence electrons. The van der Waals surface area contributed by atoms with Gasteiger partial charge in [-0.25, -0.2) is 4.98 Å². The van der Waals surface area contributed by atoms with Crippen molar-refractivity contribution in [3.05, 3.63) is 44.4 Å². The maximum absolute atomic E-state index is 8.72. The summed E-state index contributed by atoms with van der Waals surface area (Å²) < 4.78 is 5.69. The summed E-state index contributed by atoms with van der Waals surface area (Å²) in [4.78, 5) is 4.79. The lowest BCUT2D eigenvalue weighted by Gasteiger charge is -2.09. The fourth-order valence-electron chi connectivity index (χ4n) is 1.72. The number of benzene rings is 1. The van der Waals surface area contributed by atoms with E-state index in [0.717, 1.165) is 26.9 Å². The van der Waals surface area contributed by atoms with E-state index in [-0.39, 0.29) is 0 Å². The molecule has 0 saturated heterocycles. The van der Waals surface area contributed by atoms with Crippen LogP contribution in [0, 0.1) is 25.2 Å². The minimum absolute atomic E-state index is 0.541. The van der Waals surface area contributed by atoms with Gasteiger partial charge >= 0.3 is 0 Å². The van der Waals surface area contributed by atoms with Crippen molar-refractivity contribution in [3.63, 3.8) is 0 Å². The second kappa shape index (κ2) is 6.05. The van der Waals surface area contributed by atoms with Gasteiger partial charge in [0.05, 0.1) is 17.8 Å². The van der Waals surface area contributed by atoms with Crippen LogP contribution >= 0.6 is 22.9 Å². The van der Waals surface area contributed by atoms with E-state index in [1.165, 1.54) is 11.3 Å². The summed E-state index contributed by atoms with van der Waals surface area (Å²) in [6.45, 7) is 4.46. The van der Waals surface area contributed by atoms with Crippen LogP contribution in [-0.4, -0.2) is 11.6 Å². The zero-order valence-corrected chi connectivity index (χ0v) is 12.3. The largest absolute Gasteiger partial charge is 0.493 e. The second-order valence-corrected chi connectivity index (χ2v) is 5.69. The van der Waals surface area contributed by atoms with Crippen LogP contribution in [0.2, 0.25) is 5.02 Å². The van der Waals surface area contributed by atoms with Gasteiger partial charge in [0.1, 0.15) is 16.7 Å². The number of rotatable bonds is 4. The third kappa shape index (κ3) is 3.46. The lowest BCUT2D eigenvalue weighted by Crippen LogP contribution is -2.01. The summed E-state index contributed by atoms with van der Waals surface area (Å²) in [6, 6.07) is 5.93. The van der Waals surface area contributed by atoms with Crippen molar-refractivity contribution in [2.75, 3.05) is 6.61 Å². The molecule has 2 rings (SSSR count). The predicted octanol–water partition coefficient (Wildman–Crippen LogP) is 3.91. The van der Waals surface area contributed by atoms with Crippen LogP contribution in [0.15, 0.2) is 18.3 Å². The Morgan fingerprint density at radius 3 is 2.63 bits per heavy atom. The molecule has 0 radical (unpaired) electrons. The smallest absolute Gasteiger partial charge is 0.124 e. The van der Waals surface area contributed by atoms with Crippen molar-refractivity contribution < 1.29 is 4.74 Å². The summed E-state index contributed by atoms with van der Waals surface area (Å²) in [5.41, 5.74) is 2.02. The molecule has 0 unspecified atom stereocenters. The molecule has 3 nitrogen and oxygen atoms in total. The SMILES string of the molecule is Cc1cc(OCCc2ncc(C#N)s2)cc(C)c1Cl. The molecular formula is C14H13ClN2OS. The van der Waals surface area contributed by atoms with E-state index >= 15 is 0 Å². The summed E-state index contributed by atoms with van der Waals surface area (Å²) in [6.07, 6.45) is 2.30. The Hall–Kier alpha value is -1.57. The first-order valence-electron chi connectivity index (χ1n) is 5.84. The number of ether oxygens (including phenoxy) is 1. The van der Waals surface area contributed by atoms with E-state index < -0.39 is 0 Å². The molecule has 0 spiro atoms. The van der Waals surface area contributed by atoms with E-state index in [2.05, 4.69) is 11.1 Å². The van der Waals surface area contributed by atoms with Gasteiger partial charge in [-0.3, -0.25) is 0 Å². The maximum atomic E-state index is 8.72. The Balaban J connectivity index is 1.94. The van der Waals surface area contributed by atoms with Gasteiger partial charge in [0.25, 0.3) is 0 Å². The number of thiazole rings is 1. The van der Waals surface area contributed by atoms with Crippen molar-refractivity contribution in [3.8, 4) is 11.8 Å².